The fourth-order valence-corrected chi connectivity index (χ4v) is 5.54. The molecule has 0 spiro atoms. The third kappa shape index (κ3) is 4.68. The number of rotatable bonds is 8. The molecular weight excluding hydrogens is 510 g/mol. The Kier molecular flexibility index (Phi) is 7.14. The molecule has 0 unspecified atom stereocenters. The molecule has 0 fully saturated rings. The highest BCUT2D eigenvalue weighted by atomic mass is 32.2. The van der Waals surface area contributed by atoms with E-state index in [1.807, 2.05) is 42.7 Å². The molecule has 4 rings (SSSR count). The van der Waals surface area contributed by atoms with Gasteiger partial charge in [0.15, 0.2) is 0 Å². The molecule has 0 bridgehead atoms. The van der Waals surface area contributed by atoms with Gasteiger partial charge in [0.25, 0.3) is 15.7 Å². The van der Waals surface area contributed by atoms with Crippen molar-refractivity contribution in [2.75, 3.05) is 18.4 Å². The van der Waals surface area contributed by atoms with E-state index >= 15 is 0 Å². The number of carbonyl (C=O) groups is 1. The molecule has 1 aromatic heterocycles. The number of fused-ring (bicyclic) bond motifs is 1. The fraction of sp³-hybridized carbons (Fsp3) is 0.222. The Bertz CT molecular complexity index is 1660. The van der Waals surface area contributed by atoms with E-state index in [1.165, 1.54) is 12.1 Å². The maximum absolute atomic E-state index is 13.2. The van der Waals surface area contributed by atoms with Gasteiger partial charge in [0.2, 0.25) is 0 Å². The molecule has 0 radical (unpaired) electrons. The first-order valence-corrected chi connectivity index (χ1v) is 13.2. The molecule has 0 aliphatic carbocycles. The number of nitro benzene ring substituents is 1. The Morgan fingerprint density at radius 2 is 1.66 bits per heavy atom. The van der Waals surface area contributed by atoms with Crippen molar-refractivity contribution in [1.29, 1.82) is 0 Å². The van der Waals surface area contributed by atoms with Crippen molar-refractivity contribution in [3.63, 3.8) is 0 Å². The first-order valence-electron chi connectivity index (χ1n) is 11.7. The molecule has 1 N–H and O–H groups in total. The number of non-ortho nitro benzene ring substituents is 1. The molecule has 198 valence electrons. The van der Waals surface area contributed by atoms with Crippen LogP contribution in [0.2, 0.25) is 0 Å². The number of sulfonamides is 1. The first-order chi connectivity index (χ1) is 18.0. The smallest absolute Gasteiger partial charge is 0.340 e. The van der Waals surface area contributed by atoms with Crippen LogP contribution in [0.15, 0.2) is 59.5 Å². The zero-order chi connectivity index (χ0) is 27.8. The van der Waals surface area contributed by atoms with Crippen LogP contribution >= 0.6 is 0 Å². The molecule has 0 aliphatic heterocycles. The molecule has 0 atom stereocenters. The Labute approximate surface area is 220 Å². The summed E-state index contributed by atoms with van der Waals surface area (Å²) >= 11 is 0. The maximum Gasteiger partial charge on any atom is 0.340 e. The van der Waals surface area contributed by atoms with Crippen molar-refractivity contribution in [3.05, 3.63) is 87.1 Å². The second-order valence-corrected chi connectivity index (χ2v) is 10.3. The predicted octanol–water partition coefficient (Wildman–Crippen LogP) is 5.45. The van der Waals surface area contributed by atoms with Crippen molar-refractivity contribution >= 4 is 38.3 Å². The molecule has 0 aliphatic rings. The highest BCUT2D eigenvalue weighted by Gasteiger charge is 2.26. The van der Waals surface area contributed by atoms with Gasteiger partial charge in [-0.2, -0.15) is 0 Å². The van der Waals surface area contributed by atoms with Crippen LogP contribution in [0.25, 0.3) is 16.6 Å². The summed E-state index contributed by atoms with van der Waals surface area (Å²) in [7, 11) is -2.50. The molecule has 3 aromatic carbocycles. The number of carbonyl (C=O) groups excluding carboxylic acids is 1. The molecule has 11 heteroatoms. The average Bonchev–Trinajstić information content (AvgIpc) is 3.18. The molecule has 0 saturated heterocycles. The van der Waals surface area contributed by atoms with E-state index in [4.69, 9.17) is 9.47 Å². The van der Waals surface area contributed by atoms with E-state index in [0.29, 0.717) is 28.0 Å². The quantitative estimate of drug-likeness (QED) is 0.180. The van der Waals surface area contributed by atoms with Crippen molar-refractivity contribution in [3.8, 4) is 11.4 Å². The molecule has 38 heavy (non-hydrogen) atoms. The normalized spacial score (nSPS) is 11.4. The molecule has 0 saturated carbocycles. The predicted molar refractivity (Wildman–Crippen MR) is 144 cm³/mol. The lowest BCUT2D eigenvalue weighted by Crippen LogP contribution is -2.14. The lowest BCUT2D eigenvalue weighted by atomic mass is 10.0. The summed E-state index contributed by atoms with van der Waals surface area (Å²) in [4.78, 5) is 23.3. The minimum Gasteiger partial charge on any atom is -0.497 e. The number of nitrogens with one attached hydrogen (secondary N) is 1. The number of ether oxygens (including phenoxy) is 2. The molecule has 10 nitrogen and oxygen atoms in total. The fourth-order valence-electron chi connectivity index (χ4n) is 4.43. The number of nitro groups is 1. The van der Waals surface area contributed by atoms with E-state index in [-0.39, 0.29) is 22.9 Å². The first kappa shape index (κ1) is 26.7. The number of esters is 1. The van der Waals surface area contributed by atoms with Crippen LogP contribution in [-0.4, -0.2) is 37.6 Å². The third-order valence-electron chi connectivity index (χ3n) is 6.47. The highest BCUT2D eigenvalue weighted by Crippen LogP contribution is 2.37. The number of benzene rings is 3. The zero-order valence-electron chi connectivity index (χ0n) is 21.6. The summed E-state index contributed by atoms with van der Waals surface area (Å²) in [6.07, 6.45) is 0. The summed E-state index contributed by atoms with van der Waals surface area (Å²) < 4.78 is 41.5. The largest absolute Gasteiger partial charge is 0.497 e. The number of anilines is 1. The summed E-state index contributed by atoms with van der Waals surface area (Å²) in [5, 5.41) is 11.5. The van der Waals surface area contributed by atoms with Gasteiger partial charge in [-0.3, -0.25) is 14.8 Å². The minimum absolute atomic E-state index is 0.127. The second kappa shape index (κ2) is 10.2. The number of aromatic nitrogens is 1. The summed E-state index contributed by atoms with van der Waals surface area (Å²) in [5.41, 5.74) is 4.00. The van der Waals surface area contributed by atoms with Crippen LogP contribution in [0.3, 0.4) is 0 Å². The topological polar surface area (TPSA) is 130 Å². The van der Waals surface area contributed by atoms with Gasteiger partial charge in [-0.1, -0.05) is 0 Å². The minimum atomic E-state index is -4.08. The van der Waals surface area contributed by atoms with Gasteiger partial charge in [0.05, 0.1) is 40.3 Å². The van der Waals surface area contributed by atoms with Gasteiger partial charge in [0.1, 0.15) is 5.75 Å². The van der Waals surface area contributed by atoms with E-state index in [1.54, 1.807) is 27.0 Å². The molecule has 4 aromatic rings. The molecule has 0 amide bonds. The Morgan fingerprint density at radius 3 is 2.21 bits per heavy atom. The lowest BCUT2D eigenvalue weighted by Gasteiger charge is -2.16. The van der Waals surface area contributed by atoms with Crippen LogP contribution in [0, 0.1) is 30.9 Å². The zero-order valence-corrected chi connectivity index (χ0v) is 22.4. The Hall–Kier alpha value is -4.38. The molecule has 1 heterocycles. The maximum atomic E-state index is 13.2. The van der Waals surface area contributed by atoms with Crippen LogP contribution in [-0.2, 0) is 14.8 Å². The number of hydrogen-bond acceptors (Lipinski definition) is 7. The number of methoxy groups -OCH3 is 1. The van der Waals surface area contributed by atoms with Gasteiger partial charge in [-0.15, -0.1) is 0 Å². The van der Waals surface area contributed by atoms with Crippen LogP contribution in [0.4, 0.5) is 11.4 Å². The number of hydrogen-bond donors (Lipinski definition) is 1. The van der Waals surface area contributed by atoms with Crippen molar-refractivity contribution < 1.29 is 27.6 Å². The van der Waals surface area contributed by atoms with Crippen LogP contribution < -0.4 is 9.46 Å². The Balaban J connectivity index is 1.91. The van der Waals surface area contributed by atoms with Crippen LogP contribution in [0.1, 0.15) is 34.1 Å². The number of aryl methyl sites for hydroxylation is 1. The summed E-state index contributed by atoms with van der Waals surface area (Å²) in [5.74, 6) is 0.166. The lowest BCUT2D eigenvalue weighted by molar-refractivity contribution is -0.384. The van der Waals surface area contributed by atoms with Crippen molar-refractivity contribution in [2.45, 2.75) is 32.6 Å². The van der Waals surface area contributed by atoms with E-state index < -0.39 is 20.9 Å². The van der Waals surface area contributed by atoms with Gasteiger partial charge >= 0.3 is 5.97 Å². The van der Waals surface area contributed by atoms with Gasteiger partial charge in [-0.25, -0.2) is 13.2 Å². The SMILES string of the molecule is CCOC(=O)c1c(C)n(-c2ccc(OC)cc2)c2c(C)c(C)c(NS(=O)(=O)c3ccc([N+](=O)[O-])cc3)cc12. The highest BCUT2D eigenvalue weighted by molar-refractivity contribution is 7.92. The van der Waals surface area contributed by atoms with E-state index in [0.717, 1.165) is 28.9 Å². The summed E-state index contributed by atoms with van der Waals surface area (Å²) in [6.45, 7) is 7.35. The van der Waals surface area contributed by atoms with E-state index in [9.17, 15) is 23.3 Å². The third-order valence-corrected chi connectivity index (χ3v) is 7.85. The van der Waals surface area contributed by atoms with Crippen LogP contribution in [0.5, 0.6) is 5.75 Å². The average molecular weight is 538 g/mol. The molecular formula is C27H27N3O7S. The van der Waals surface area contributed by atoms with Crippen molar-refractivity contribution in [1.82, 2.24) is 4.57 Å². The van der Waals surface area contributed by atoms with Gasteiger partial charge < -0.3 is 14.0 Å². The van der Waals surface area contributed by atoms with Gasteiger partial charge in [0, 0.05) is 28.9 Å². The summed E-state index contributed by atoms with van der Waals surface area (Å²) in [6, 6.07) is 13.6. The van der Waals surface area contributed by atoms with Crippen molar-refractivity contribution in [2.24, 2.45) is 0 Å². The standard InChI is InChI=1S/C27H27N3O7S/c1-6-37-27(31)25-18(4)29(19-7-11-21(36-5)12-8-19)26-17(3)16(2)24(15-23(25)26)28-38(34,35)22-13-9-20(10-14-22)30(32)33/h7-15,28H,6H2,1-5H3. The Morgan fingerprint density at radius 1 is 1.03 bits per heavy atom. The van der Waals surface area contributed by atoms with E-state index in [2.05, 4.69) is 4.72 Å². The second-order valence-electron chi connectivity index (χ2n) is 8.64. The number of nitrogens with zero attached hydrogens (tertiary/aromatic N) is 2. The van der Waals surface area contributed by atoms with Gasteiger partial charge in [-0.05, 0) is 81.3 Å². The monoisotopic (exact) mass is 537 g/mol.